The van der Waals surface area contributed by atoms with Crippen molar-refractivity contribution in [1.82, 2.24) is 10.3 Å². The molecule has 0 unspecified atom stereocenters. The van der Waals surface area contributed by atoms with E-state index in [1.54, 1.807) is 24.4 Å². The standard InChI is InChI=1S/C12H14N2O2/c1-10(16)13-7-3-2-6-12-11(9-15)5-4-8-14-12/h2,4-6,8-9H,3,7H2,1H3,(H,13,16). The molecule has 1 N–H and O–H groups in total. The lowest BCUT2D eigenvalue weighted by molar-refractivity contribution is -0.118. The Morgan fingerprint density at radius 1 is 1.56 bits per heavy atom. The Morgan fingerprint density at radius 2 is 2.38 bits per heavy atom. The molecule has 0 saturated heterocycles. The van der Waals surface area contributed by atoms with Crippen molar-refractivity contribution in [3.8, 4) is 0 Å². The molecular weight excluding hydrogens is 204 g/mol. The summed E-state index contributed by atoms with van der Waals surface area (Å²) in [6.45, 7) is 2.07. The number of aldehydes is 1. The van der Waals surface area contributed by atoms with E-state index in [0.717, 1.165) is 6.29 Å². The number of hydrogen-bond donors (Lipinski definition) is 1. The van der Waals surface area contributed by atoms with E-state index in [-0.39, 0.29) is 5.91 Å². The molecule has 84 valence electrons. The lowest BCUT2D eigenvalue weighted by Crippen LogP contribution is -2.20. The molecule has 0 saturated carbocycles. The number of carbonyl (C=O) groups is 2. The number of nitrogens with zero attached hydrogens (tertiary/aromatic N) is 1. The van der Waals surface area contributed by atoms with E-state index < -0.39 is 0 Å². The van der Waals surface area contributed by atoms with Gasteiger partial charge in [-0.2, -0.15) is 0 Å². The minimum atomic E-state index is -0.0418. The normalized spacial score (nSPS) is 10.3. The second-order valence-corrected chi connectivity index (χ2v) is 3.27. The maximum Gasteiger partial charge on any atom is 0.216 e. The van der Waals surface area contributed by atoms with Crippen LogP contribution in [0.15, 0.2) is 24.4 Å². The molecule has 16 heavy (non-hydrogen) atoms. The van der Waals surface area contributed by atoms with Crippen molar-refractivity contribution in [2.45, 2.75) is 13.3 Å². The molecule has 4 heteroatoms. The molecule has 0 bridgehead atoms. The number of pyridine rings is 1. The molecule has 1 heterocycles. The van der Waals surface area contributed by atoms with Gasteiger partial charge in [-0.05, 0) is 24.6 Å². The zero-order valence-corrected chi connectivity index (χ0v) is 9.14. The average molecular weight is 218 g/mol. The van der Waals surface area contributed by atoms with Crippen molar-refractivity contribution in [2.75, 3.05) is 6.54 Å². The highest BCUT2D eigenvalue weighted by molar-refractivity contribution is 5.80. The Morgan fingerprint density at radius 3 is 3.06 bits per heavy atom. The van der Waals surface area contributed by atoms with Gasteiger partial charge in [-0.3, -0.25) is 14.6 Å². The number of carbonyl (C=O) groups excluding carboxylic acids is 2. The molecule has 0 aliphatic carbocycles. The van der Waals surface area contributed by atoms with Crippen molar-refractivity contribution in [2.24, 2.45) is 0 Å². The summed E-state index contributed by atoms with van der Waals surface area (Å²) in [7, 11) is 0. The van der Waals surface area contributed by atoms with Crippen LogP contribution < -0.4 is 5.32 Å². The summed E-state index contributed by atoms with van der Waals surface area (Å²) in [6, 6.07) is 3.44. The van der Waals surface area contributed by atoms with Gasteiger partial charge >= 0.3 is 0 Å². The third-order valence-electron chi connectivity index (χ3n) is 1.96. The van der Waals surface area contributed by atoms with Crippen molar-refractivity contribution in [3.63, 3.8) is 0 Å². The molecule has 0 fully saturated rings. The summed E-state index contributed by atoms with van der Waals surface area (Å²) in [5.41, 5.74) is 1.22. The molecule has 1 aromatic heterocycles. The summed E-state index contributed by atoms with van der Waals surface area (Å²) in [5.74, 6) is -0.0418. The van der Waals surface area contributed by atoms with Crippen LogP contribution >= 0.6 is 0 Å². The van der Waals surface area contributed by atoms with E-state index in [0.29, 0.717) is 24.2 Å². The average Bonchev–Trinajstić information content (AvgIpc) is 2.29. The van der Waals surface area contributed by atoms with Crippen LogP contribution in [0, 0.1) is 0 Å². The molecule has 0 aliphatic rings. The first-order valence-corrected chi connectivity index (χ1v) is 5.05. The highest BCUT2D eigenvalue weighted by Gasteiger charge is 1.96. The topological polar surface area (TPSA) is 59.1 Å². The van der Waals surface area contributed by atoms with E-state index in [1.165, 1.54) is 6.92 Å². The molecule has 0 aliphatic heterocycles. The van der Waals surface area contributed by atoms with Crippen molar-refractivity contribution in [3.05, 3.63) is 35.7 Å². The third kappa shape index (κ3) is 4.04. The molecule has 1 rings (SSSR count). The van der Waals surface area contributed by atoms with Gasteiger partial charge in [0.15, 0.2) is 6.29 Å². The van der Waals surface area contributed by atoms with Crippen LogP contribution in [0.4, 0.5) is 0 Å². The zero-order valence-electron chi connectivity index (χ0n) is 9.14. The van der Waals surface area contributed by atoms with Crippen molar-refractivity contribution in [1.29, 1.82) is 0 Å². The smallest absolute Gasteiger partial charge is 0.216 e. The first-order chi connectivity index (χ1) is 7.74. The Balaban J connectivity index is 2.49. The SMILES string of the molecule is CC(=O)NCCC=Cc1ncccc1C=O. The van der Waals surface area contributed by atoms with Crippen LogP contribution in [0.25, 0.3) is 6.08 Å². The molecule has 4 nitrogen and oxygen atoms in total. The summed E-state index contributed by atoms with van der Waals surface area (Å²) in [5, 5.41) is 2.68. The van der Waals surface area contributed by atoms with Gasteiger partial charge in [0.25, 0.3) is 0 Å². The van der Waals surface area contributed by atoms with Crippen molar-refractivity contribution < 1.29 is 9.59 Å². The lowest BCUT2D eigenvalue weighted by Gasteiger charge is -1.98. The Labute approximate surface area is 94.4 Å². The van der Waals surface area contributed by atoms with E-state index in [1.807, 2.05) is 6.08 Å². The number of hydrogen-bond acceptors (Lipinski definition) is 3. The largest absolute Gasteiger partial charge is 0.356 e. The highest BCUT2D eigenvalue weighted by Crippen LogP contribution is 2.04. The summed E-state index contributed by atoms with van der Waals surface area (Å²) in [4.78, 5) is 25.3. The molecule has 0 spiro atoms. The van der Waals surface area contributed by atoms with Crippen LogP contribution in [0.1, 0.15) is 29.4 Å². The Hall–Kier alpha value is -1.97. The second-order valence-electron chi connectivity index (χ2n) is 3.27. The fourth-order valence-electron chi connectivity index (χ4n) is 1.20. The van der Waals surface area contributed by atoms with Gasteiger partial charge < -0.3 is 5.32 Å². The first-order valence-electron chi connectivity index (χ1n) is 5.05. The second kappa shape index (κ2) is 6.50. The first kappa shape index (κ1) is 12.1. The van der Waals surface area contributed by atoms with Crippen molar-refractivity contribution >= 4 is 18.3 Å². The zero-order chi connectivity index (χ0) is 11.8. The van der Waals surface area contributed by atoms with Crippen LogP contribution in [0.5, 0.6) is 0 Å². The molecular formula is C12H14N2O2. The predicted molar refractivity (Wildman–Crippen MR) is 62.0 cm³/mol. The maximum atomic E-state index is 10.7. The fraction of sp³-hybridized carbons (Fsp3) is 0.250. The molecule has 0 radical (unpaired) electrons. The lowest BCUT2D eigenvalue weighted by atomic mass is 10.2. The van der Waals surface area contributed by atoms with E-state index >= 15 is 0 Å². The van der Waals surface area contributed by atoms with E-state index in [2.05, 4.69) is 10.3 Å². The molecule has 1 amide bonds. The van der Waals surface area contributed by atoms with Crippen LogP contribution in [0.2, 0.25) is 0 Å². The molecule has 1 aromatic rings. The van der Waals surface area contributed by atoms with Gasteiger partial charge in [-0.15, -0.1) is 0 Å². The van der Waals surface area contributed by atoms with Gasteiger partial charge in [0, 0.05) is 25.2 Å². The van der Waals surface area contributed by atoms with Crippen LogP contribution in [-0.2, 0) is 4.79 Å². The minimum Gasteiger partial charge on any atom is -0.356 e. The number of rotatable bonds is 5. The van der Waals surface area contributed by atoms with Crippen LogP contribution in [-0.4, -0.2) is 23.7 Å². The molecule has 0 aromatic carbocycles. The quantitative estimate of drug-likeness (QED) is 0.601. The highest BCUT2D eigenvalue weighted by atomic mass is 16.1. The Bertz CT molecular complexity index is 400. The number of nitrogens with one attached hydrogen (secondary N) is 1. The number of aromatic nitrogens is 1. The van der Waals surface area contributed by atoms with E-state index in [4.69, 9.17) is 0 Å². The van der Waals surface area contributed by atoms with Gasteiger partial charge in [0.2, 0.25) is 5.91 Å². The number of amides is 1. The summed E-state index contributed by atoms with van der Waals surface area (Å²) in [6.07, 6.45) is 6.80. The minimum absolute atomic E-state index is 0.0418. The monoisotopic (exact) mass is 218 g/mol. The summed E-state index contributed by atoms with van der Waals surface area (Å²) >= 11 is 0. The predicted octanol–water partition coefficient (Wildman–Crippen LogP) is 1.43. The Kier molecular flexibility index (Phi) is 4.92. The molecule has 0 atom stereocenters. The summed E-state index contributed by atoms with van der Waals surface area (Å²) < 4.78 is 0. The van der Waals surface area contributed by atoms with Gasteiger partial charge in [0.05, 0.1) is 5.69 Å². The van der Waals surface area contributed by atoms with E-state index in [9.17, 15) is 9.59 Å². The van der Waals surface area contributed by atoms with Gasteiger partial charge in [-0.1, -0.05) is 6.08 Å². The van der Waals surface area contributed by atoms with Crippen LogP contribution in [0.3, 0.4) is 0 Å². The maximum absolute atomic E-state index is 10.7. The third-order valence-corrected chi connectivity index (χ3v) is 1.96. The fourth-order valence-corrected chi connectivity index (χ4v) is 1.20. The van der Waals surface area contributed by atoms with Gasteiger partial charge in [-0.25, -0.2) is 0 Å². The van der Waals surface area contributed by atoms with Gasteiger partial charge in [0.1, 0.15) is 0 Å².